The van der Waals surface area contributed by atoms with Crippen molar-refractivity contribution in [3.63, 3.8) is 0 Å². The zero-order valence-corrected chi connectivity index (χ0v) is 18.6. The molecule has 1 heterocycles. The van der Waals surface area contributed by atoms with Gasteiger partial charge in [-0.05, 0) is 75.2 Å². The molecule has 0 spiro atoms. The molecule has 0 unspecified atom stereocenters. The minimum atomic E-state index is -3.74. The number of hydrogen-bond donors (Lipinski definition) is 1. The first-order chi connectivity index (χ1) is 14.7. The van der Waals surface area contributed by atoms with Gasteiger partial charge in [0.2, 0.25) is 0 Å². The van der Waals surface area contributed by atoms with Crippen LogP contribution in [0.1, 0.15) is 22.5 Å². The highest BCUT2D eigenvalue weighted by Crippen LogP contribution is 2.25. The second-order valence-electron chi connectivity index (χ2n) is 7.70. The summed E-state index contributed by atoms with van der Waals surface area (Å²) in [5, 5.41) is 0.531. The molecule has 3 aromatic carbocycles. The van der Waals surface area contributed by atoms with Gasteiger partial charge >= 0.3 is 0 Å². The first-order valence-electron chi connectivity index (χ1n) is 9.87. The lowest BCUT2D eigenvalue weighted by molar-refractivity contribution is 0.600. The van der Waals surface area contributed by atoms with Crippen LogP contribution < -0.4 is 10.3 Å². The molecular formula is C24H23N3O3S. The predicted octanol–water partition coefficient (Wildman–Crippen LogP) is 4.42. The van der Waals surface area contributed by atoms with Gasteiger partial charge in [0.1, 0.15) is 5.82 Å². The molecule has 1 aromatic heterocycles. The average molecular weight is 434 g/mol. The largest absolute Gasteiger partial charge is 0.280 e. The van der Waals surface area contributed by atoms with Gasteiger partial charge in [-0.25, -0.2) is 13.4 Å². The number of nitrogens with one attached hydrogen (secondary N) is 1. The smallest absolute Gasteiger partial charge is 0.265 e. The first-order valence-corrected chi connectivity index (χ1v) is 11.4. The van der Waals surface area contributed by atoms with Gasteiger partial charge in [0.15, 0.2) is 0 Å². The standard InChI is InChI=1S/C24H23N3O3S/c1-15-13-16(2)23(17(3)14-15)31(29,30)26-19-9-11-20(12-10-19)27-18(4)25-22-8-6-5-7-21(22)24(27)28/h5-14,26H,1-4H3. The molecule has 0 fully saturated rings. The summed E-state index contributed by atoms with van der Waals surface area (Å²) < 4.78 is 30.1. The van der Waals surface area contributed by atoms with Gasteiger partial charge in [0, 0.05) is 5.69 Å². The van der Waals surface area contributed by atoms with Gasteiger partial charge in [-0.3, -0.25) is 14.1 Å². The van der Waals surface area contributed by atoms with Crippen molar-refractivity contribution in [2.75, 3.05) is 4.72 Å². The zero-order chi connectivity index (χ0) is 22.3. The number of sulfonamides is 1. The van der Waals surface area contributed by atoms with Crippen LogP contribution >= 0.6 is 0 Å². The van der Waals surface area contributed by atoms with Crippen molar-refractivity contribution in [2.45, 2.75) is 32.6 Å². The van der Waals surface area contributed by atoms with Crippen molar-refractivity contribution in [3.8, 4) is 5.69 Å². The van der Waals surface area contributed by atoms with E-state index in [0.717, 1.165) is 5.56 Å². The van der Waals surface area contributed by atoms with Crippen LogP contribution in [-0.2, 0) is 10.0 Å². The zero-order valence-electron chi connectivity index (χ0n) is 17.8. The number of nitrogens with zero attached hydrogens (tertiary/aromatic N) is 2. The summed E-state index contributed by atoms with van der Waals surface area (Å²) in [5.41, 5.74) is 3.94. The van der Waals surface area contributed by atoms with Crippen LogP contribution in [0.2, 0.25) is 0 Å². The third-order valence-electron chi connectivity index (χ3n) is 5.19. The Morgan fingerprint density at radius 1 is 0.871 bits per heavy atom. The van der Waals surface area contributed by atoms with Gasteiger partial charge in [0.25, 0.3) is 15.6 Å². The van der Waals surface area contributed by atoms with Crippen molar-refractivity contribution in [1.29, 1.82) is 0 Å². The Balaban J connectivity index is 1.70. The lowest BCUT2D eigenvalue weighted by Crippen LogP contribution is -2.22. The van der Waals surface area contributed by atoms with Crippen molar-refractivity contribution in [2.24, 2.45) is 0 Å². The molecule has 0 aliphatic carbocycles. The van der Waals surface area contributed by atoms with Crippen LogP contribution in [-0.4, -0.2) is 18.0 Å². The highest BCUT2D eigenvalue weighted by atomic mass is 32.2. The van der Waals surface area contributed by atoms with E-state index in [1.165, 1.54) is 4.57 Å². The van der Waals surface area contributed by atoms with Gasteiger partial charge < -0.3 is 0 Å². The van der Waals surface area contributed by atoms with E-state index < -0.39 is 10.0 Å². The van der Waals surface area contributed by atoms with E-state index in [0.29, 0.717) is 39.2 Å². The van der Waals surface area contributed by atoms with Crippen molar-refractivity contribution >= 4 is 26.6 Å². The molecule has 6 nitrogen and oxygen atoms in total. The number of para-hydroxylation sites is 1. The second kappa shape index (κ2) is 7.67. The van der Waals surface area contributed by atoms with E-state index in [-0.39, 0.29) is 10.5 Å². The average Bonchev–Trinajstić information content (AvgIpc) is 2.68. The Morgan fingerprint density at radius 3 is 2.13 bits per heavy atom. The minimum Gasteiger partial charge on any atom is -0.280 e. The topological polar surface area (TPSA) is 81.1 Å². The number of benzene rings is 3. The maximum atomic E-state index is 13.0. The van der Waals surface area contributed by atoms with Crippen molar-refractivity contribution in [1.82, 2.24) is 9.55 Å². The number of hydrogen-bond acceptors (Lipinski definition) is 4. The molecule has 4 rings (SSSR count). The maximum absolute atomic E-state index is 13.0. The Morgan fingerprint density at radius 2 is 1.48 bits per heavy atom. The molecule has 7 heteroatoms. The molecule has 0 aliphatic heterocycles. The first kappa shape index (κ1) is 20.8. The fraction of sp³-hybridized carbons (Fsp3) is 0.167. The minimum absolute atomic E-state index is 0.165. The molecule has 0 aliphatic rings. The van der Waals surface area contributed by atoms with E-state index in [2.05, 4.69) is 9.71 Å². The molecule has 31 heavy (non-hydrogen) atoms. The molecule has 0 bridgehead atoms. The number of fused-ring (bicyclic) bond motifs is 1. The molecule has 0 atom stereocenters. The number of aromatic nitrogens is 2. The second-order valence-corrected chi connectivity index (χ2v) is 9.32. The van der Waals surface area contributed by atoms with Crippen molar-refractivity contribution < 1.29 is 8.42 Å². The van der Waals surface area contributed by atoms with Crippen LogP contribution in [0.3, 0.4) is 0 Å². The van der Waals surface area contributed by atoms with Gasteiger partial charge in [-0.2, -0.15) is 0 Å². The van der Waals surface area contributed by atoms with Gasteiger partial charge in [-0.1, -0.05) is 29.8 Å². The summed E-state index contributed by atoms with van der Waals surface area (Å²) in [4.78, 5) is 17.8. The van der Waals surface area contributed by atoms with E-state index in [4.69, 9.17) is 0 Å². The number of aryl methyl sites for hydroxylation is 4. The Kier molecular flexibility index (Phi) is 5.15. The molecular weight excluding hydrogens is 410 g/mol. The third-order valence-corrected chi connectivity index (χ3v) is 6.88. The highest BCUT2D eigenvalue weighted by molar-refractivity contribution is 7.92. The predicted molar refractivity (Wildman–Crippen MR) is 124 cm³/mol. The molecule has 0 saturated heterocycles. The monoisotopic (exact) mass is 433 g/mol. The summed E-state index contributed by atoms with van der Waals surface area (Å²) in [6.07, 6.45) is 0. The molecule has 0 amide bonds. The van der Waals surface area contributed by atoms with Gasteiger partial charge in [0.05, 0.1) is 21.5 Å². The SMILES string of the molecule is Cc1cc(C)c(S(=O)(=O)Nc2ccc(-n3c(C)nc4ccccc4c3=O)cc2)c(C)c1. The fourth-order valence-corrected chi connectivity index (χ4v) is 5.54. The van der Waals surface area contributed by atoms with Crippen LogP contribution in [0.15, 0.2) is 70.4 Å². The number of rotatable bonds is 4. The van der Waals surface area contributed by atoms with Crippen LogP contribution in [0.5, 0.6) is 0 Å². The fourth-order valence-electron chi connectivity index (χ4n) is 4.02. The Hall–Kier alpha value is -3.45. The van der Waals surface area contributed by atoms with E-state index >= 15 is 0 Å². The summed E-state index contributed by atoms with van der Waals surface area (Å²) in [6, 6.07) is 17.6. The molecule has 0 radical (unpaired) electrons. The molecule has 4 aromatic rings. The quantitative estimate of drug-likeness (QED) is 0.517. The normalized spacial score (nSPS) is 11.6. The highest BCUT2D eigenvalue weighted by Gasteiger charge is 2.20. The summed E-state index contributed by atoms with van der Waals surface area (Å²) >= 11 is 0. The van der Waals surface area contributed by atoms with E-state index in [9.17, 15) is 13.2 Å². The van der Waals surface area contributed by atoms with Crippen LogP contribution in [0.4, 0.5) is 5.69 Å². The van der Waals surface area contributed by atoms with E-state index in [1.807, 2.05) is 25.1 Å². The summed E-state index contributed by atoms with van der Waals surface area (Å²) in [6.45, 7) is 7.29. The Labute approximate surface area is 181 Å². The lowest BCUT2D eigenvalue weighted by Gasteiger charge is -2.15. The number of anilines is 1. The van der Waals surface area contributed by atoms with Crippen LogP contribution in [0.25, 0.3) is 16.6 Å². The summed E-state index contributed by atoms with van der Waals surface area (Å²) in [5.74, 6) is 0.558. The Bertz CT molecular complexity index is 1450. The third kappa shape index (κ3) is 3.84. The maximum Gasteiger partial charge on any atom is 0.265 e. The van der Waals surface area contributed by atoms with Crippen molar-refractivity contribution in [3.05, 3.63) is 93.5 Å². The van der Waals surface area contributed by atoms with Gasteiger partial charge in [-0.15, -0.1) is 0 Å². The molecule has 0 saturated carbocycles. The molecule has 1 N–H and O–H groups in total. The molecule has 158 valence electrons. The van der Waals surface area contributed by atoms with E-state index in [1.54, 1.807) is 63.2 Å². The van der Waals surface area contributed by atoms with Crippen LogP contribution in [0, 0.1) is 27.7 Å². The lowest BCUT2D eigenvalue weighted by atomic mass is 10.1. The summed E-state index contributed by atoms with van der Waals surface area (Å²) in [7, 11) is -3.74.